The normalized spacial score (nSPS) is 12.0. The minimum absolute atomic E-state index is 0. The molecule has 14 heteroatoms. The van der Waals surface area contributed by atoms with Crippen LogP contribution in [0, 0.1) is 0 Å². The van der Waals surface area contributed by atoms with Crippen LogP contribution in [0.5, 0.6) is 11.5 Å². The molecule has 0 aliphatic rings. The van der Waals surface area contributed by atoms with Gasteiger partial charge in [0.15, 0.2) is 11.5 Å². The van der Waals surface area contributed by atoms with Crippen LogP contribution in [0.4, 0.5) is 0 Å². The molecule has 0 aliphatic carbocycles. The molecule has 0 amide bonds. The second-order valence-electron chi connectivity index (χ2n) is 4.29. The first kappa shape index (κ1) is 30.1. The van der Waals surface area contributed by atoms with Gasteiger partial charge in [0.1, 0.15) is 5.54 Å². The van der Waals surface area contributed by atoms with Crippen molar-refractivity contribution in [2.24, 2.45) is 5.84 Å². The summed E-state index contributed by atoms with van der Waals surface area (Å²) in [6, 6.07) is 4.12. The standard InChI is InChI=1S/C10H14N2O4.H3O4P.3H2O/c1-10(12-11,9(15)16)5-6-2-3-7(13)8(14)4-6;1-5(2,3)4;;;/h2-4,12-14H,5,11H2,1H3,(H,15,16);(H3,1,2,3,4);3*1H2/t10-;;;;/m0..../s1. The molecule has 144 valence electrons. The molecule has 0 radical (unpaired) electrons. The molecule has 0 aromatic heterocycles. The number of carboxylic acid groups (broad SMARTS) is 1. The van der Waals surface area contributed by atoms with E-state index in [1.807, 2.05) is 0 Å². The van der Waals surface area contributed by atoms with Crippen LogP contribution in [-0.4, -0.2) is 57.9 Å². The summed E-state index contributed by atoms with van der Waals surface area (Å²) in [5.74, 6) is 3.55. The lowest BCUT2D eigenvalue weighted by atomic mass is 9.93. The van der Waals surface area contributed by atoms with E-state index in [0.29, 0.717) is 5.56 Å². The second-order valence-corrected chi connectivity index (χ2v) is 5.32. The van der Waals surface area contributed by atoms with Gasteiger partial charge in [-0.25, -0.2) is 9.99 Å². The van der Waals surface area contributed by atoms with Crippen molar-refractivity contribution in [1.29, 1.82) is 0 Å². The van der Waals surface area contributed by atoms with Crippen molar-refractivity contribution in [3.05, 3.63) is 23.8 Å². The van der Waals surface area contributed by atoms with E-state index in [1.165, 1.54) is 25.1 Å². The van der Waals surface area contributed by atoms with Gasteiger partial charge in [-0.3, -0.25) is 10.6 Å². The Labute approximate surface area is 136 Å². The summed E-state index contributed by atoms with van der Waals surface area (Å²) in [6.45, 7) is 1.43. The quantitative estimate of drug-likeness (QED) is 0.111. The van der Waals surface area contributed by atoms with E-state index in [2.05, 4.69) is 5.43 Å². The van der Waals surface area contributed by atoms with Gasteiger partial charge in [-0.2, -0.15) is 0 Å². The average molecular weight is 378 g/mol. The highest BCUT2D eigenvalue weighted by Crippen LogP contribution is 2.27. The SMILES string of the molecule is C[C@@](Cc1ccc(O)c(O)c1)(NN)C(=O)O.O.O.O.O=P(O)(O)O. The number of hydrogen-bond acceptors (Lipinski definition) is 6. The topological polar surface area (TPSA) is 288 Å². The molecule has 1 aromatic rings. The highest BCUT2D eigenvalue weighted by atomic mass is 31.2. The zero-order valence-corrected chi connectivity index (χ0v) is 13.4. The number of aliphatic carboxylic acids is 1. The second kappa shape index (κ2) is 11.7. The summed E-state index contributed by atoms with van der Waals surface area (Å²) < 4.78 is 8.88. The summed E-state index contributed by atoms with van der Waals surface area (Å²) in [4.78, 5) is 32.5. The largest absolute Gasteiger partial charge is 0.504 e. The maximum Gasteiger partial charge on any atom is 0.466 e. The number of hydrogen-bond donors (Lipinski definition) is 8. The van der Waals surface area contributed by atoms with E-state index >= 15 is 0 Å². The lowest BCUT2D eigenvalue weighted by Gasteiger charge is -2.23. The molecule has 0 unspecified atom stereocenters. The maximum atomic E-state index is 11.0. The Hall–Kier alpha value is -1.80. The van der Waals surface area contributed by atoms with Crippen molar-refractivity contribution in [1.82, 2.24) is 5.43 Å². The van der Waals surface area contributed by atoms with Crippen LogP contribution in [0.3, 0.4) is 0 Å². The number of phenols is 2. The number of carboxylic acids is 1. The number of rotatable bonds is 4. The average Bonchev–Trinajstić information content (AvgIpc) is 2.31. The Bertz CT molecular complexity index is 541. The molecule has 1 atom stereocenters. The number of carbonyl (C=O) groups is 1. The summed E-state index contributed by atoms with van der Waals surface area (Å²) in [5, 5.41) is 27.3. The van der Waals surface area contributed by atoms with E-state index in [0.717, 1.165) is 0 Å². The summed E-state index contributed by atoms with van der Waals surface area (Å²) in [5.41, 5.74) is 1.45. The molecule has 0 heterocycles. The molecule has 0 aliphatic heterocycles. The predicted octanol–water partition coefficient (Wildman–Crippen LogP) is -3.46. The molecule has 0 saturated heterocycles. The molecule has 13 nitrogen and oxygen atoms in total. The molecule has 0 spiro atoms. The third-order valence-electron chi connectivity index (χ3n) is 2.39. The molecule has 1 aromatic carbocycles. The lowest BCUT2D eigenvalue weighted by Crippen LogP contribution is -2.54. The summed E-state index contributed by atoms with van der Waals surface area (Å²) in [6.07, 6.45) is 0.0900. The Morgan fingerprint density at radius 1 is 1.17 bits per heavy atom. The third-order valence-corrected chi connectivity index (χ3v) is 2.39. The number of benzene rings is 1. The smallest absolute Gasteiger partial charge is 0.466 e. The zero-order valence-electron chi connectivity index (χ0n) is 12.5. The number of nitrogens with two attached hydrogens (primary N) is 1. The van der Waals surface area contributed by atoms with Gasteiger partial charge in [0.25, 0.3) is 0 Å². The fraction of sp³-hybridized carbons (Fsp3) is 0.300. The monoisotopic (exact) mass is 378 g/mol. The Morgan fingerprint density at radius 3 is 1.88 bits per heavy atom. The number of aromatic hydroxyl groups is 2. The maximum absolute atomic E-state index is 11.0. The first-order chi connectivity index (χ1) is 9.39. The Morgan fingerprint density at radius 2 is 1.58 bits per heavy atom. The van der Waals surface area contributed by atoms with Gasteiger partial charge in [-0.05, 0) is 24.6 Å². The van der Waals surface area contributed by atoms with Gasteiger partial charge < -0.3 is 46.4 Å². The van der Waals surface area contributed by atoms with Crippen molar-refractivity contribution in [2.75, 3.05) is 0 Å². The molecular weight excluding hydrogens is 355 g/mol. The number of phenolic OH excluding ortho intramolecular Hbond substituents is 2. The zero-order chi connectivity index (χ0) is 16.8. The van der Waals surface area contributed by atoms with Crippen LogP contribution in [0.2, 0.25) is 0 Å². The molecule has 0 bridgehead atoms. The number of nitrogens with one attached hydrogen (secondary N) is 1. The minimum Gasteiger partial charge on any atom is -0.504 e. The van der Waals surface area contributed by atoms with Crippen LogP contribution >= 0.6 is 7.82 Å². The van der Waals surface area contributed by atoms with Gasteiger partial charge >= 0.3 is 13.8 Å². The Kier molecular flexibility index (Phi) is 14.7. The highest BCUT2D eigenvalue weighted by molar-refractivity contribution is 7.45. The van der Waals surface area contributed by atoms with Crippen molar-refractivity contribution >= 4 is 13.8 Å². The molecule has 15 N–H and O–H groups in total. The third kappa shape index (κ3) is 11.7. The number of phosphoric acid groups is 1. The van der Waals surface area contributed by atoms with Crippen molar-refractivity contribution in [3.8, 4) is 11.5 Å². The number of hydrazine groups is 1. The molecule has 0 fully saturated rings. The summed E-state index contributed by atoms with van der Waals surface area (Å²) in [7, 11) is -4.64. The van der Waals surface area contributed by atoms with E-state index in [-0.39, 0.29) is 34.3 Å². The van der Waals surface area contributed by atoms with Crippen LogP contribution in [0.1, 0.15) is 12.5 Å². The van der Waals surface area contributed by atoms with Gasteiger partial charge in [0.2, 0.25) is 0 Å². The Balaban J connectivity index is -0.000000221. The van der Waals surface area contributed by atoms with Crippen LogP contribution in [0.15, 0.2) is 18.2 Å². The highest BCUT2D eigenvalue weighted by Gasteiger charge is 2.32. The predicted molar refractivity (Wildman–Crippen MR) is 81.9 cm³/mol. The lowest BCUT2D eigenvalue weighted by molar-refractivity contribution is -0.144. The minimum atomic E-state index is -4.64. The van der Waals surface area contributed by atoms with Gasteiger partial charge in [-0.1, -0.05) is 6.07 Å². The van der Waals surface area contributed by atoms with Crippen LogP contribution in [-0.2, 0) is 15.8 Å². The van der Waals surface area contributed by atoms with Crippen molar-refractivity contribution in [3.63, 3.8) is 0 Å². The fourth-order valence-electron chi connectivity index (χ4n) is 1.28. The molecule has 24 heavy (non-hydrogen) atoms. The van der Waals surface area contributed by atoms with Gasteiger partial charge in [0.05, 0.1) is 0 Å². The molecular formula is C10H23N2O11P. The van der Waals surface area contributed by atoms with E-state index in [1.54, 1.807) is 0 Å². The first-order valence-electron chi connectivity index (χ1n) is 5.39. The van der Waals surface area contributed by atoms with Crippen LogP contribution < -0.4 is 11.3 Å². The molecule has 0 saturated carbocycles. The van der Waals surface area contributed by atoms with E-state index in [4.69, 9.17) is 35.3 Å². The van der Waals surface area contributed by atoms with Crippen molar-refractivity contribution < 1.29 is 55.8 Å². The van der Waals surface area contributed by atoms with Gasteiger partial charge in [-0.15, -0.1) is 0 Å². The van der Waals surface area contributed by atoms with Crippen LogP contribution in [0.25, 0.3) is 0 Å². The van der Waals surface area contributed by atoms with Crippen molar-refractivity contribution in [2.45, 2.75) is 18.9 Å². The van der Waals surface area contributed by atoms with E-state index in [9.17, 15) is 9.90 Å². The van der Waals surface area contributed by atoms with E-state index < -0.39 is 19.3 Å². The summed E-state index contributed by atoms with van der Waals surface area (Å²) >= 11 is 0. The molecule has 1 rings (SSSR count). The first-order valence-corrected chi connectivity index (χ1v) is 6.96. The van der Waals surface area contributed by atoms with Gasteiger partial charge in [0, 0.05) is 6.42 Å². The fourth-order valence-corrected chi connectivity index (χ4v) is 1.28.